The van der Waals surface area contributed by atoms with Crippen molar-refractivity contribution in [3.05, 3.63) is 56.6 Å². The van der Waals surface area contributed by atoms with Crippen molar-refractivity contribution in [2.75, 3.05) is 25.6 Å². The van der Waals surface area contributed by atoms with Gasteiger partial charge < -0.3 is 19.5 Å². The number of hydrogen-bond donors (Lipinski definition) is 1. The Morgan fingerprint density at radius 1 is 1.19 bits per heavy atom. The Morgan fingerprint density at radius 2 is 1.88 bits per heavy atom. The maximum absolute atomic E-state index is 12.9. The van der Waals surface area contributed by atoms with Gasteiger partial charge in [0.15, 0.2) is 18.1 Å². The molecule has 172 valence electrons. The molecule has 0 saturated carbocycles. The third-order valence-electron chi connectivity index (χ3n) is 3.89. The van der Waals surface area contributed by atoms with Crippen molar-refractivity contribution in [1.82, 2.24) is 0 Å². The Bertz CT molecular complexity index is 1040. The Balaban J connectivity index is 2.15. The van der Waals surface area contributed by atoms with Crippen molar-refractivity contribution < 1.29 is 41.9 Å². The van der Waals surface area contributed by atoms with Gasteiger partial charge in [-0.2, -0.15) is 13.2 Å². The number of benzene rings is 2. The van der Waals surface area contributed by atoms with Crippen LogP contribution < -0.4 is 14.8 Å². The lowest BCUT2D eigenvalue weighted by Crippen LogP contribution is -2.21. The monoisotopic (exact) mass is 476 g/mol. The molecule has 0 atom stereocenters. The fourth-order valence-electron chi connectivity index (χ4n) is 2.52. The molecule has 2 aromatic rings. The van der Waals surface area contributed by atoms with Crippen LogP contribution in [-0.2, 0) is 15.7 Å². The highest BCUT2D eigenvalue weighted by Gasteiger charge is 2.33. The van der Waals surface area contributed by atoms with E-state index in [9.17, 15) is 32.9 Å². The summed E-state index contributed by atoms with van der Waals surface area (Å²) in [6.45, 7) is 0.901. The van der Waals surface area contributed by atoms with Crippen LogP contribution in [0.5, 0.6) is 11.5 Å². The largest absolute Gasteiger partial charge is 0.493 e. The zero-order valence-corrected chi connectivity index (χ0v) is 17.4. The highest BCUT2D eigenvalue weighted by Crippen LogP contribution is 2.37. The minimum atomic E-state index is -4.74. The lowest BCUT2D eigenvalue weighted by atomic mass is 10.1. The first-order valence-corrected chi connectivity index (χ1v) is 9.18. The summed E-state index contributed by atoms with van der Waals surface area (Å²) in [5.41, 5.74) is -2.55. The molecule has 0 spiro atoms. The maximum Gasteiger partial charge on any atom is 0.417 e. The maximum atomic E-state index is 12.9. The molecule has 1 N–H and O–H groups in total. The second-order valence-electron chi connectivity index (χ2n) is 6.03. The number of amides is 1. The first-order valence-electron chi connectivity index (χ1n) is 8.80. The van der Waals surface area contributed by atoms with Gasteiger partial charge in [-0.05, 0) is 25.1 Å². The number of nitrogens with one attached hydrogen (secondary N) is 1. The zero-order valence-electron chi connectivity index (χ0n) is 16.6. The molecule has 0 saturated heterocycles. The molecule has 0 aromatic heterocycles. The predicted octanol–water partition coefficient (Wildman–Crippen LogP) is 4.47. The van der Waals surface area contributed by atoms with Gasteiger partial charge in [-0.25, -0.2) is 4.79 Å². The Hall–Kier alpha value is -3.54. The number of nitro groups is 1. The van der Waals surface area contributed by atoms with Crippen LogP contribution in [0.4, 0.5) is 24.5 Å². The number of nitro benzene ring substituents is 1. The van der Waals surface area contributed by atoms with Gasteiger partial charge in [0.2, 0.25) is 0 Å². The molecule has 0 radical (unpaired) electrons. The summed E-state index contributed by atoms with van der Waals surface area (Å²) in [5, 5.41) is 12.9. The highest BCUT2D eigenvalue weighted by atomic mass is 35.5. The van der Waals surface area contributed by atoms with E-state index in [1.165, 1.54) is 7.11 Å². The number of nitrogens with zero attached hydrogens (tertiary/aromatic N) is 1. The Labute approximate surface area is 184 Å². The molecule has 0 aliphatic rings. The smallest absolute Gasteiger partial charge is 0.417 e. The van der Waals surface area contributed by atoms with Gasteiger partial charge in [-0.1, -0.05) is 11.6 Å². The number of carbonyl (C=O) groups excluding carboxylic acids is 2. The molecule has 1 amide bonds. The molecule has 0 aliphatic carbocycles. The quantitative estimate of drug-likeness (QED) is 0.339. The minimum Gasteiger partial charge on any atom is -0.493 e. The number of carbonyl (C=O) groups is 2. The summed E-state index contributed by atoms with van der Waals surface area (Å²) in [4.78, 5) is 34.8. The van der Waals surface area contributed by atoms with E-state index in [4.69, 9.17) is 25.8 Å². The van der Waals surface area contributed by atoms with Gasteiger partial charge in [0.05, 0.1) is 35.3 Å². The number of alkyl halides is 3. The average Bonchev–Trinajstić information content (AvgIpc) is 2.72. The van der Waals surface area contributed by atoms with E-state index in [1.54, 1.807) is 6.92 Å². The van der Waals surface area contributed by atoms with E-state index >= 15 is 0 Å². The summed E-state index contributed by atoms with van der Waals surface area (Å²) >= 11 is 5.51. The number of methoxy groups -OCH3 is 1. The molecule has 13 heteroatoms. The van der Waals surface area contributed by atoms with E-state index in [0.717, 1.165) is 24.3 Å². The number of anilines is 1. The van der Waals surface area contributed by atoms with Gasteiger partial charge in [0.25, 0.3) is 11.6 Å². The predicted molar refractivity (Wildman–Crippen MR) is 106 cm³/mol. The summed E-state index contributed by atoms with van der Waals surface area (Å²) < 4.78 is 53.8. The van der Waals surface area contributed by atoms with E-state index in [0.29, 0.717) is 6.07 Å². The summed E-state index contributed by atoms with van der Waals surface area (Å²) in [5.74, 6) is -2.15. The SMILES string of the molecule is CCOc1cc([N+](=O)[O-])c(C(=O)OCC(=O)Nc2ccc(Cl)c(C(F)(F)F)c2)cc1OC. The van der Waals surface area contributed by atoms with E-state index < -0.39 is 51.4 Å². The van der Waals surface area contributed by atoms with E-state index in [2.05, 4.69) is 5.32 Å². The number of halogens is 4. The van der Waals surface area contributed by atoms with Crippen molar-refractivity contribution in [1.29, 1.82) is 0 Å². The van der Waals surface area contributed by atoms with E-state index in [-0.39, 0.29) is 23.8 Å². The van der Waals surface area contributed by atoms with Crippen LogP contribution >= 0.6 is 11.6 Å². The first kappa shape index (κ1) is 24.7. The standard InChI is InChI=1S/C19H16ClF3N2O7/c1-3-31-16-8-14(25(28)29)11(7-15(16)30-2)18(27)32-9-17(26)24-10-4-5-13(20)12(6-10)19(21,22)23/h4-8H,3,9H2,1-2H3,(H,24,26). The van der Waals surface area contributed by atoms with Crippen LogP contribution in [0.1, 0.15) is 22.8 Å². The molecule has 2 aromatic carbocycles. The third-order valence-corrected chi connectivity index (χ3v) is 4.22. The number of hydrogen-bond acceptors (Lipinski definition) is 7. The molecule has 9 nitrogen and oxygen atoms in total. The molecular formula is C19H16ClF3N2O7. The fraction of sp³-hybridized carbons (Fsp3) is 0.263. The van der Waals surface area contributed by atoms with Crippen molar-refractivity contribution in [2.24, 2.45) is 0 Å². The van der Waals surface area contributed by atoms with Crippen molar-refractivity contribution in [2.45, 2.75) is 13.1 Å². The summed E-state index contributed by atoms with van der Waals surface area (Å²) in [7, 11) is 1.26. The van der Waals surface area contributed by atoms with Gasteiger partial charge >= 0.3 is 12.1 Å². The Morgan fingerprint density at radius 3 is 2.44 bits per heavy atom. The van der Waals surface area contributed by atoms with E-state index in [1.807, 2.05) is 0 Å². The van der Waals surface area contributed by atoms with Crippen LogP contribution in [0.15, 0.2) is 30.3 Å². The van der Waals surface area contributed by atoms with Crippen molar-refractivity contribution in [3.63, 3.8) is 0 Å². The van der Waals surface area contributed by atoms with Gasteiger partial charge in [-0.3, -0.25) is 14.9 Å². The normalized spacial score (nSPS) is 10.9. The van der Waals surface area contributed by atoms with Crippen LogP contribution in [0, 0.1) is 10.1 Å². The van der Waals surface area contributed by atoms with Gasteiger partial charge in [0.1, 0.15) is 5.56 Å². The zero-order chi connectivity index (χ0) is 24.1. The third kappa shape index (κ3) is 6.00. The summed E-state index contributed by atoms with van der Waals surface area (Å²) in [6, 6.07) is 4.69. The topological polar surface area (TPSA) is 117 Å². The van der Waals surface area contributed by atoms with Crippen molar-refractivity contribution >= 4 is 34.9 Å². The molecule has 2 rings (SSSR count). The summed E-state index contributed by atoms with van der Waals surface area (Å²) in [6.07, 6.45) is -4.74. The van der Waals surface area contributed by atoms with Gasteiger partial charge in [-0.15, -0.1) is 0 Å². The molecule has 0 unspecified atom stereocenters. The number of esters is 1. The van der Waals surface area contributed by atoms with Gasteiger partial charge in [0, 0.05) is 11.8 Å². The minimum absolute atomic E-state index is 0.0229. The number of rotatable bonds is 8. The molecule has 0 bridgehead atoms. The lowest BCUT2D eigenvalue weighted by molar-refractivity contribution is -0.385. The molecular weight excluding hydrogens is 461 g/mol. The fourth-order valence-corrected chi connectivity index (χ4v) is 2.74. The lowest BCUT2D eigenvalue weighted by Gasteiger charge is -2.13. The number of ether oxygens (including phenoxy) is 3. The average molecular weight is 477 g/mol. The van der Waals surface area contributed by atoms with Crippen LogP contribution in [0.3, 0.4) is 0 Å². The molecule has 32 heavy (non-hydrogen) atoms. The highest BCUT2D eigenvalue weighted by molar-refractivity contribution is 6.31. The molecule has 0 fully saturated rings. The molecule has 0 heterocycles. The van der Waals surface area contributed by atoms with Crippen molar-refractivity contribution in [3.8, 4) is 11.5 Å². The second kappa shape index (κ2) is 10.2. The Kier molecular flexibility index (Phi) is 7.87. The second-order valence-corrected chi connectivity index (χ2v) is 6.43. The van der Waals surface area contributed by atoms with Crippen LogP contribution in [0.2, 0.25) is 5.02 Å². The van der Waals surface area contributed by atoms with Crippen LogP contribution in [0.25, 0.3) is 0 Å². The first-order chi connectivity index (χ1) is 15.0. The van der Waals surface area contributed by atoms with Crippen LogP contribution in [-0.4, -0.2) is 37.1 Å². The molecule has 0 aliphatic heterocycles.